The van der Waals surface area contributed by atoms with Crippen LogP contribution in [0.1, 0.15) is 9.80 Å². The van der Waals surface area contributed by atoms with E-state index in [0.717, 1.165) is 11.3 Å². The molecule has 0 spiro atoms. The average molecular weight is 294 g/mol. The van der Waals surface area contributed by atoms with Gasteiger partial charge in [0, 0.05) is 12.1 Å². The highest BCUT2D eigenvalue weighted by Crippen LogP contribution is 2.22. The van der Waals surface area contributed by atoms with Crippen LogP contribution in [0.25, 0.3) is 0 Å². The lowest BCUT2D eigenvalue weighted by molar-refractivity contribution is 0.102. The lowest BCUT2D eigenvalue weighted by atomic mass is 10.2. The second kappa shape index (κ2) is 4.91. The van der Waals surface area contributed by atoms with Crippen molar-refractivity contribution < 1.29 is 18.0 Å². The van der Waals surface area contributed by atoms with Gasteiger partial charge in [-0.1, -0.05) is 11.3 Å². The summed E-state index contributed by atoms with van der Waals surface area (Å²) >= 11 is 6.20. The van der Waals surface area contributed by atoms with Crippen LogP contribution in [0.5, 0.6) is 0 Å². The van der Waals surface area contributed by atoms with Crippen molar-refractivity contribution in [1.29, 1.82) is 0 Å². The molecule has 0 fully saturated rings. The van der Waals surface area contributed by atoms with Crippen LogP contribution < -0.4 is 5.32 Å². The minimum Gasteiger partial charge on any atom is -0.315 e. The molecule has 2 rings (SSSR count). The zero-order valence-electron chi connectivity index (χ0n) is 8.38. The van der Waals surface area contributed by atoms with Crippen LogP contribution in [-0.2, 0) is 0 Å². The zero-order valence-corrected chi connectivity index (χ0v) is 9.95. The van der Waals surface area contributed by atoms with Crippen LogP contribution in [0.2, 0.25) is 4.47 Å². The average Bonchev–Trinajstić information content (AvgIpc) is 2.70. The maximum Gasteiger partial charge on any atom is 0.286 e. The first kappa shape index (κ1) is 12.8. The van der Waals surface area contributed by atoms with Gasteiger partial charge in [-0.25, -0.2) is 13.2 Å². The van der Waals surface area contributed by atoms with Gasteiger partial charge in [0.1, 0.15) is 11.5 Å². The number of halogens is 4. The number of nitrogens with one attached hydrogen (secondary N) is 1. The first-order valence-corrected chi connectivity index (χ1v) is 5.61. The highest BCUT2D eigenvalue weighted by atomic mass is 35.5. The van der Waals surface area contributed by atoms with Gasteiger partial charge >= 0.3 is 0 Å². The number of nitrogens with zero attached hydrogens (tertiary/aromatic N) is 2. The lowest BCUT2D eigenvalue weighted by Gasteiger charge is -2.05. The van der Waals surface area contributed by atoms with Gasteiger partial charge in [0.25, 0.3) is 5.91 Å². The molecule has 9 heteroatoms. The molecule has 4 nitrogen and oxygen atoms in total. The zero-order chi connectivity index (χ0) is 13.3. The summed E-state index contributed by atoms with van der Waals surface area (Å²) in [4.78, 5) is 11.5. The van der Waals surface area contributed by atoms with E-state index in [4.69, 9.17) is 11.6 Å². The van der Waals surface area contributed by atoms with Gasteiger partial charge < -0.3 is 5.32 Å². The molecule has 0 aliphatic rings. The molecule has 0 aliphatic carbocycles. The Morgan fingerprint density at radius 2 is 1.83 bits per heavy atom. The van der Waals surface area contributed by atoms with E-state index in [1.165, 1.54) is 0 Å². The summed E-state index contributed by atoms with van der Waals surface area (Å²) in [5.41, 5.74) is -0.757. The van der Waals surface area contributed by atoms with Crippen molar-refractivity contribution in [2.24, 2.45) is 0 Å². The topological polar surface area (TPSA) is 54.9 Å². The van der Waals surface area contributed by atoms with E-state index >= 15 is 0 Å². The van der Waals surface area contributed by atoms with Crippen molar-refractivity contribution in [1.82, 2.24) is 10.2 Å². The molecule has 1 heterocycles. The summed E-state index contributed by atoms with van der Waals surface area (Å²) in [6, 6.07) is 0.900. The van der Waals surface area contributed by atoms with Gasteiger partial charge in [-0.2, -0.15) is 0 Å². The molecule has 0 bridgehead atoms. The molecule has 2 aromatic rings. The highest BCUT2D eigenvalue weighted by molar-refractivity contribution is 7.17. The Morgan fingerprint density at radius 3 is 2.33 bits per heavy atom. The third kappa shape index (κ3) is 2.59. The predicted molar refractivity (Wildman–Crippen MR) is 59.2 cm³/mol. The summed E-state index contributed by atoms with van der Waals surface area (Å²) in [5, 5.41) is 8.52. The first-order chi connectivity index (χ1) is 8.47. The summed E-state index contributed by atoms with van der Waals surface area (Å²) in [6.07, 6.45) is 0. The summed E-state index contributed by atoms with van der Waals surface area (Å²) < 4.78 is 39.1. The van der Waals surface area contributed by atoms with Gasteiger partial charge in [0.05, 0.1) is 0 Å². The second-order valence-corrected chi connectivity index (χ2v) is 4.62. The lowest BCUT2D eigenvalue weighted by Crippen LogP contribution is -2.14. The molecular weight excluding hydrogens is 291 g/mol. The van der Waals surface area contributed by atoms with Crippen molar-refractivity contribution in [2.75, 3.05) is 5.32 Å². The molecule has 0 atom stereocenters. The maximum absolute atomic E-state index is 13.2. The standard InChI is InChI=1S/C9H3ClF3N3OS/c10-9-16-15-8(18-9)7(17)14-6-4(12)1-3(11)2-5(6)13/h1-2H,(H,14,17). The molecular formula is C9H3ClF3N3OS. The maximum atomic E-state index is 13.2. The van der Waals surface area contributed by atoms with Crippen molar-refractivity contribution in [3.8, 4) is 0 Å². The quantitative estimate of drug-likeness (QED) is 0.926. The van der Waals surface area contributed by atoms with Crippen LogP contribution in [0.15, 0.2) is 12.1 Å². The predicted octanol–water partition coefficient (Wildman–Crippen LogP) is 2.86. The molecule has 18 heavy (non-hydrogen) atoms. The second-order valence-electron chi connectivity index (χ2n) is 3.06. The van der Waals surface area contributed by atoms with Crippen LogP contribution in [-0.4, -0.2) is 16.1 Å². The summed E-state index contributed by atoms with van der Waals surface area (Å²) in [7, 11) is 0. The Balaban J connectivity index is 2.27. The Bertz CT molecular complexity index is 596. The van der Waals surface area contributed by atoms with Crippen LogP contribution >= 0.6 is 22.9 Å². The molecule has 1 N–H and O–H groups in total. The fraction of sp³-hybridized carbons (Fsp3) is 0. The minimum atomic E-state index is -1.23. The Morgan fingerprint density at radius 1 is 1.22 bits per heavy atom. The van der Waals surface area contributed by atoms with Crippen molar-refractivity contribution >= 4 is 34.5 Å². The normalized spacial score (nSPS) is 10.4. The number of carbonyl (C=O) groups excluding carboxylic acids is 1. The number of aromatic nitrogens is 2. The van der Waals surface area contributed by atoms with E-state index in [9.17, 15) is 18.0 Å². The molecule has 1 aromatic heterocycles. The Labute approximate surface area is 107 Å². The molecule has 94 valence electrons. The molecule has 1 amide bonds. The third-order valence-electron chi connectivity index (χ3n) is 1.84. The number of amides is 1. The largest absolute Gasteiger partial charge is 0.315 e. The van der Waals surface area contributed by atoms with Crippen LogP contribution in [0.4, 0.5) is 18.9 Å². The Kier molecular flexibility index (Phi) is 3.48. The fourth-order valence-corrected chi connectivity index (χ4v) is 1.85. The van der Waals surface area contributed by atoms with E-state index < -0.39 is 29.0 Å². The molecule has 1 aromatic carbocycles. The molecule has 0 unspecified atom stereocenters. The smallest absolute Gasteiger partial charge is 0.286 e. The number of rotatable bonds is 2. The molecule has 0 radical (unpaired) electrons. The fourth-order valence-electron chi connectivity index (χ4n) is 1.13. The van der Waals surface area contributed by atoms with Gasteiger partial charge in [-0.15, -0.1) is 10.2 Å². The molecule has 0 saturated carbocycles. The van der Waals surface area contributed by atoms with Crippen LogP contribution in [0.3, 0.4) is 0 Å². The van der Waals surface area contributed by atoms with E-state index in [0.29, 0.717) is 12.1 Å². The van der Waals surface area contributed by atoms with Crippen molar-refractivity contribution in [2.45, 2.75) is 0 Å². The van der Waals surface area contributed by atoms with E-state index in [-0.39, 0.29) is 9.47 Å². The molecule has 0 aliphatic heterocycles. The number of hydrogen-bond donors (Lipinski definition) is 1. The van der Waals surface area contributed by atoms with E-state index in [2.05, 4.69) is 10.2 Å². The van der Waals surface area contributed by atoms with Gasteiger partial charge in [-0.05, 0) is 11.6 Å². The van der Waals surface area contributed by atoms with Gasteiger partial charge in [0.2, 0.25) is 9.47 Å². The Hall–Kier alpha value is -1.67. The van der Waals surface area contributed by atoms with Crippen molar-refractivity contribution in [3.05, 3.63) is 39.1 Å². The summed E-state index contributed by atoms with van der Waals surface area (Å²) in [5.74, 6) is -4.42. The third-order valence-corrected chi connectivity index (χ3v) is 2.86. The number of anilines is 1. The van der Waals surface area contributed by atoms with E-state index in [1.807, 2.05) is 5.32 Å². The first-order valence-electron chi connectivity index (χ1n) is 4.42. The monoisotopic (exact) mass is 293 g/mol. The highest BCUT2D eigenvalue weighted by Gasteiger charge is 2.18. The van der Waals surface area contributed by atoms with Gasteiger partial charge in [-0.3, -0.25) is 4.79 Å². The summed E-state index contributed by atoms with van der Waals surface area (Å²) in [6.45, 7) is 0. The van der Waals surface area contributed by atoms with Gasteiger partial charge in [0.15, 0.2) is 11.6 Å². The number of carbonyl (C=O) groups is 1. The van der Waals surface area contributed by atoms with Crippen LogP contribution in [0, 0.1) is 17.5 Å². The molecule has 0 saturated heterocycles. The van der Waals surface area contributed by atoms with E-state index in [1.54, 1.807) is 0 Å². The minimum absolute atomic E-state index is 0.0141. The number of benzene rings is 1. The van der Waals surface area contributed by atoms with Crippen molar-refractivity contribution in [3.63, 3.8) is 0 Å². The number of hydrogen-bond acceptors (Lipinski definition) is 4. The SMILES string of the molecule is O=C(Nc1c(F)cc(F)cc1F)c1nnc(Cl)s1.